The van der Waals surface area contributed by atoms with Crippen molar-refractivity contribution in [3.8, 4) is 0 Å². The molecule has 0 unspecified atom stereocenters. The first-order valence-corrected chi connectivity index (χ1v) is 3.07. The molecule has 0 aromatic heterocycles. The zero-order valence-corrected chi connectivity index (χ0v) is 7.03. The second-order valence-corrected chi connectivity index (χ2v) is 1.62. The Labute approximate surface area is 62.9 Å². The monoisotopic (exact) mass is 157 g/mol. The van der Waals surface area contributed by atoms with Gasteiger partial charge in [0.1, 0.15) is 0 Å². The summed E-state index contributed by atoms with van der Waals surface area (Å²) >= 11 is 0. The van der Waals surface area contributed by atoms with Crippen molar-refractivity contribution < 1.29 is 17.1 Å². The summed E-state index contributed by atoms with van der Waals surface area (Å²) in [6, 6.07) is 0. The Morgan fingerprint density at radius 1 is 0.875 bits per heavy atom. The van der Waals surface area contributed by atoms with Crippen molar-refractivity contribution in [2.45, 2.75) is 20.8 Å². The second kappa shape index (κ2) is 7.48. The second-order valence-electron chi connectivity index (χ2n) is 1.62. The van der Waals surface area contributed by atoms with E-state index in [9.17, 15) is 0 Å². The molecule has 0 bridgehead atoms. The number of hydrogen-bond donors (Lipinski definition) is 0. The van der Waals surface area contributed by atoms with Gasteiger partial charge in [-0.25, -0.2) is 0 Å². The van der Waals surface area contributed by atoms with Crippen LogP contribution in [0.25, 0.3) is 0 Å². The molecule has 0 N–H and O–H groups in total. The molecule has 0 aliphatic carbocycles. The SMILES string of the molecule is CCN(CC)CC.[Fe]. The molecule has 0 fully saturated rings. The number of hydrogen-bond acceptors (Lipinski definition) is 1. The minimum absolute atomic E-state index is 0. The summed E-state index contributed by atoms with van der Waals surface area (Å²) in [7, 11) is 0. The third kappa shape index (κ3) is 4.63. The van der Waals surface area contributed by atoms with E-state index in [4.69, 9.17) is 0 Å². The zero-order valence-electron chi connectivity index (χ0n) is 5.92. The van der Waals surface area contributed by atoms with E-state index in [1.165, 1.54) is 19.6 Å². The number of nitrogens with zero attached hydrogens (tertiary/aromatic N) is 1. The van der Waals surface area contributed by atoms with Gasteiger partial charge in [-0.2, -0.15) is 0 Å². The summed E-state index contributed by atoms with van der Waals surface area (Å²) in [6.07, 6.45) is 0. The predicted molar refractivity (Wildman–Crippen MR) is 33.5 cm³/mol. The largest absolute Gasteiger partial charge is 0.304 e. The Balaban J connectivity index is 0. The van der Waals surface area contributed by atoms with Crippen molar-refractivity contribution in [3.63, 3.8) is 0 Å². The molecule has 8 heavy (non-hydrogen) atoms. The average Bonchev–Trinajstić information content (AvgIpc) is 1.72. The van der Waals surface area contributed by atoms with Gasteiger partial charge in [0.05, 0.1) is 0 Å². The van der Waals surface area contributed by atoms with Crippen LogP contribution in [0, 0.1) is 0 Å². The van der Waals surface area contributed by atoms with Gasteiger partial charge in [0.2, 0.25) is 0 Å². The van der Waals surface area contributed by atoms with Crippen LogP contribution in [-0.2, 0) is 17.1 Å². The van der Waals surface area contributed by atoms with Gasteiger partial charge in [-0.15, -0.1) is 0 Å². The fraction of sp³-hybridized carbons (Fsp3) is 1.00. The van der Waals surface area contributed by atoms with Gasteiger partial charge >= 0.3 is 0 Å². The van der Waals surface area contributed by atoms with Gasteiger partial charge in [0.15, 0.2) is 0 Å². The van der Waals surface area contributed by atoms with Crippen LogP contribution in [0.4, 0.5) is 0 Å². The first-order chi connectivity index (χ1) is 3.35. The molecule has 2 heteroatoms. The third-order valence-corrected chi connectivity index (χ3v) is 1.34. The molecular formula is C6H15FeN. The van der Waals surface area contributed by atoms with E-state index in [0.717, 1.165) is 0 Å². The van der Waals surface area contributed by atoms with E-state index in [1.807, 2.05) is 0 Å². The van der Waals surface area contributed by atoms with Gasteiger partial charge in [-0.1, -0.05) is 20.8 Å². The average molecular weight is 157 g/mol. The summed E-state index contributed by atoms with van der Waals surface area (Å²) in [5, 5.41) is 0. The van der Waals surface area contributed by atoms with E-state index in [-0.39, 0.29) is 17.1 Å². The molecule has 0 radical (unpaired) electrons. The molecule has 1 nitrogen and oxygen atoms in total. The van der Waals surface area contributed by atoms with Crippen molar-refractivity contribution in [2.75, 3.05) is 19.6 Å². The summed E-state index contributed by atoms with van der Waals surface area (Å²) in [5.41, 5.74) is 0. The quantitative estimate of drug-likeness (QED) is 0.559. The summed E-state index contributed by atoms with van der Waals surface area (Å²) < 4.78 is 0. The van der Waals surface area contributed by atoms with E-state index >= 15 is 0 Å². The van der Waals surface area contributed by atoms with Crippen LogP contribution < -0.4 is 0 Å². The molecular weight excluding hydrogens is 142 g/mol. The van der Waals surface area contributed by atoms with Crippen molar-refractivity contribution in [2.24, 2.45) is 0 Å². The summed E-state index contributed by atoms with van der Waals surface area (Å²) in [4.78, 5) is 2.38. The van der Waals surface area contributed by atoms with Crippen LogP contribution in [0.15, 0.2) is 0 Å². The molecule has 0 aromatic rings. The van der Waals surface area contributed by atoms with Crippen LogP contribution >= 0.6 is 0 Å². The third-order valence-electron chi connectivity index (χ3n) is 1.34. The molecule has 0 aliphatic heterocycles. The summed E-state index contributed by atoms with van der Waals surface area (Å²) in [5.74, 6) is 0. The van der Waals surface area contributed by atoms with Crippen LogP contribution in [0.5, 0.6) is 0 Å². The summed E-state index contributed by atoms with van der Waals surface area (Å²) in [6.45, 7) is 10.1. The maximum absolute atomic E-state index is 2.38. The smallest absolute Gasteiger partial charge is 0 e. The van der Waals surface area contributed by atoms with Gasteiger partial charge < -0.3 is 4.90 Å². The molecule has 0 aliphatic rings. The Kier molecular flexibility index (Phi) is 10.6. The fourth-order valence-corrected chi connectivity index (χ4v) is 0.671. The molecule has 0 saturated carbocycles. The molecule has 0 heterocycles. The molecule has 0 spiro atoms. The van der Waals surface area contributed by atoms with Gasteiger partial charge in [-0.05, 0) is 19.6 Å². The van der Waals surface area contributed by atoms with Crippen LogP contribution in [0.3, 0.4) is 0 Å². The van der Waals surface area contributed by atoms with Crippen molar-refractivity contribution in [1.82, 2.24) is 4.90 Å². The Bertz CT molecular complexity index is 30.0. The molecule has 0 saturated heterocycles. The van der Waals surface area contributed by atoms with Crippen LogP contribution in [0.1, 0.15) is 20.8 Å². The van der Waals surface area contributed by atoms with E-state index < -0.39 is 0 Å². The van der Waals surface area contributed by atoms with Crippen molar-refractivity contribution in [1.29, 1.82) is 0 Å². The van der Waals surface area contributed by atoms with Gasteiger partial charge in [0, 0.05) is 17.1 Å². The molecule has 0 amide bonds. The first-order valence-electron chi connectivity index (χ1n) is 3.07. The van der Waals surface area contributed by atoms with E-state index in [1.54, 1.807) is 0 Å². The maximum atomic E-state index is 2.38. The topological polar surface area (TPSA) is 3.24 Å². The number of rotatable bonds is 3. The molecule has 0 atom stereocenters. The van der Waals surface area contributed by atoms with Gasteiger partial charge in [0.25, 0.3) is 0 Å². The Morgan fingerprint density at radius 3 is 1.12 bits per heavy atom. The molecule has 0 rings (SSSR count). The van der Waals surface area contributed by atoms with Crippen LogP contribution in [-0.4, -0.2) is 24.5 Å². The van der Waals surface area contributed by atoms with Crippen molar-refractivity contribution in [3.05, 3.63) is 0 Å². The van der Waals surface area contributed by atoms with Gasteiger partial charge in [-0.3, -0.25) is 0 Å². The standard InChI is InChI=1S/C6H15N.Fe/c1-4-7(5-2)6-3;/h4-6H2,1-3H3;. The minimum Gasteiger partial charge on any atom is -0.304 e. The van der Waals surface area contributed by atoms with E-state index in [2.05, 4.69) is 25.7 Å². The van der Waals surface area contributed by atoms with Crippen molar-refractivity contribution >= 4 is 0 Å². The fourth-order valence-electron chi connectivity index (χ4n) is 0.671. The molecule has 52 valence electrons. The Hall–Kier alpha value is 0.479. The van der Waals surface area contributed by atoms with E-state index in [0.29, 0.717) is 0 Å². The maximum Gasteiger partial charge on any atom is 0 e. The molecule has 0 aromatic carbocycles. The Morgan fingerprint density at radius 2 is 1.12 bits per heavy atom. The first kappa shape index (κ1) is 11.3. The normalized spacial score (nSPS) is 9.00. The van der Waals surface area contributed by atoms with Crippen LogP contribution in [0.2, 0.25) is 0 Å². The zero-order chi connectivity index (χ0) is 5.70. The predicted octanol–water partition coefficient (Wildman–Crippen LogP) is 1.35. The minimum atomic E-state index is 0.